The maximum absolute atomic E-state index is 11.7. The third kappa shape index (κ3) is 3.35. The Bertz CT molecular complexity index is 409. The summed E-state index contributed by atoms with van der Waals surface area (Å²) in [4.78, 5) is 15.8. The second-order valence-corrected chi connectivity index (χ2v) is 3.65. The van der Waals surface area contributed by atoms with Gasteiger partial charge in [-0.05, 0) is 25.5 Å². The molecule has 1 rings (SSSR count). The molecule has 0 radical (unpaired) electrons. The van der Waals surface area contributed by atoms with Crippen molar-refractivity contribution in [1.29, 1.82) is 5.26 Å². The van der Waals surface area contributed by atoms with Crippen molar-refractivity contribution in [2.45, 2.75) is 32.7 Å². The van der Waals surface area contributed by atoms with Gasteiger partial charge in [-0.25, -0.2) is 0 Å². The Morgan fingerprint density at radius 1 is 1.69 bits per heavy atom. The molecule has 0 aliphatic heterocycles. The number of nitrogens with one attached hydrogen (secondary N) is 1. The van der Waals surface area contributed by atoms with Crippen LogP contribution in [0.3, 0.4) is 0 Å². The smallest absolute Gasteiger partial charge is 0.251 e. The molecule has 0 spiro atoms. The van der Waals surface area contributed by atoms with Crippen molar-refractivity contribution in [2.75, 3.05) is 0 Å². The number of aromatic nitrogens is 1. The van der Waals surface area contributed by atoms with Gasteiger partial charge in [-0.3, -0.25) is 9.78 Å². The van der Waals surface area contributed by atoms with E-state index >= 15 is 0 Å². The zero-order chi connectivity index (χ0) is 12.0. The lowest BCUT2D eigenvalue weighted by Crippen LogP contribution is -2.31. The number of hydrogen-bond acceptors (Lipinski definition) is 3. The van der Waals surface area contributed by atoms with Gasteiger partial charge < -0.3 is 5.32 Å². The van der Waals surface area contributed by atoms with E-state index in [0.29, 0.717) is 11.3 Å². The van der Waals surface area contributed by atoms with Crippen molar-refractivity contribution in [3.63, 3.8) is 0 Å². The minimum Gasteiger partial charge on any atom is -0.350 e. The molecule has 0 aliphatic rings. The SMILES string of the molecule is CCC(C)NC(=O)c1ccnc(CC#N)c1. The highest BCUT2D eigenvalue weighted by Gasteiger charge is 2.08. The molecule has 4 heteroatoms. The molecule has 1 aromatic heterocycles. The average molecular weight is 217 g/mol. The van der Waals surface area contributed by atoms with E-state index in [-0.39, 0.29) is 18.4 Å². The van der Waals surface area contributed by atoms with E-state index in [1.807, 2.05) is 19.9 Å². The Morgan fingerprint density at radius 2 is 2.44 bits per heavy atom. The van der Waals surface area contributed by atoms with E-state index in [9.17, 15) is 4.79 Å². The van der Waals surface area contributed by atoms with E-state index in [1.54, 1.807) is 18.3 Å². The number of amides is 1. The van der Waals surface area contributed by atoms with Gasteiger partial charge in [0.05, 0.1) is 18.2 Å². The zero-order valence-corrected chi connectivity index (χ0v) is 9.53. The lowest BCUT2D eigenvalue weighted by Gasteiger charge is -2.11. The molecule has 1 heterocycles. The number of carbonyl (C=O) groups excluding carboxylic acids is 1. The summed E-state index contributed by atoms with van der Waals surface area (Å²) in [6.45, 7) is 3.97. The fourth-order valence-electron chi connectivity index (χ4n) is 1.21. The van der Waals surface area contributed by atoms with E-state index in [2.05, 4.69) is 10.3 Å². The monoisotopic (exact) mass is 217 g/mol. The molecule has 16 heavy (non-hydrogen) atoms. The van der Waals surface area contributed by atoms with Gasteiger partial charge in [0.15, 0.2) is 0 Å². The van der Waals surface area contributed by atoms with Crippen molar-refractivity contribution in [2.24, 2.45) is 0 Å². The molecule has 0 aromatic carbocycles. The summed E-state index contributed by atoms with van der Waals surface area (Å²) >= 11 is 0. The highest BCUT2D eigenvalue weighted by molar-refractivity contribution is 5.94. The van der Waals surface area contributed by atoms with Gasteiger partial charge in [0.2, 0.25) is 0 Å². The summed E-state index contributed by atoms with van der Waals surface area (Å²) in [6.07, 6.45) is 2.67. The molecule has 4 nitrogen and oxygen atoms in total. The van der Waals surface area contributed by atoms with Gasteiger partial charge in [0.25, 0.3) is 5.91 Å². The molecular formula is C12H15N3O. The molecule has 1 N–H and O–H groups in total. The van der Waals surface area contributed by atoms with Crippen LogP contribution in [0.4, 0.5) is 0 Å². The van der Waals surface area contributed by atoms with E-state index in [1.165, 1.54) is 0 Å². The van der Waals surface area contributed by atoms with Crippen LogP contribution in [0.15, 0.2) is 18.3 Å². The Hall–Kier alpha value is -1.89. The minimum atomic E-state index is -0.115. The third-order valence-corrected chi connectivity index (χ3v) is 2.33. The molecule has 1 atom stereocenters. The van der Waals surface area contributed by atoms with Crippen molar-refractivity contribution in [3.05, 3.63) is 29.6 Å². The normalized spacial score (nSPS) is 11.6. The van der Waals surface area contributed by atoms with Gasteiger partial charge in [-0.15, -0.1) is 0 Å². The van der Waals surface area contributed by atoms with E-state index in [0.717, 1.165) is 6.42 Å². The summed E-state index contributed by atoms with van der Waals surface area (Å²) < 4.78 is 0. The number of rotatable bonds is 4. The molecule has 1 aromatic rings. The maximum atomic E-state index is 11.7. The van der Waals surface area contributed by atoms with Crippen LogP contribution >= 0.6 is 0 Å². The van der Waals surface area contributed by atoms with Crippen LogP contribution in [0.2, 0.25) is 0 Å². The summed E-state index contributed by atoms with van der Waals surface area (Å²) in [6, 6.07) is 5.47. The first-order valence-corrected chi connectivity index (χ1v) is 5.30. The van der Waals surface area contributed by atoms with Crippen molar-refractivity contribution in [3.8, 4) is 6.07 Å². The first kappa shape index (κ1) is 12.2. The summed E-state index contributed by atoms with van der Waals surface area (Å²) in [7, 11) is 0. The molecule has 0 aliphatic carbocycles. The minimum absolute atomic E-state index is 0.115. The van der Waals surface area contributed by atoms with Gasteiger partial charge in [-0.2, -0.15) is 5.26 Å². The molecule has 0 saturated carbocycles. The molecule has 1 amide bonds. The van der Waals surface area contributed by atoms with Gasteiger partial charge >= 0.3 is 0 Å². The Labute approximate surface area is 95.3 Å². The lowest BCUT2D eigenvalue weighted by molar-refractivity contribution is 0.0939. The first-order valence-electron chi connectivity index (χ1n) is 5.30. The maximum Gasteiger partial charge on any atom is 0.251 e. The Balaban J connectivity index is 2.76. The number of nitriles is 1. The van der Waals surface area contributed by atoms with Crippen LogP contribution < -0.4 is 5.32 Å². The molecule has 1 unspecified atom stereocenters. The lowest BCUT2D eigenvalue weighted by atomic mass is 10.1. The van der Waals surface area contributed by atoms with Crippen LogP contribution in [0.5, 0.6) is 0 Å². The predicted octanol–water partition coefficient (Wildman–Crippen LogP) is 1.68. The van der Waals surface area contributed by atoms with Crippen LogP contribution in [-0.2, 0) is 6.42 Å². The predicted molar refractivity (Wildman–Crippen MR) is 60.8 cm³/mol. The van der Waals surface area contributed by atoms with E-state index in [4.69, 9.17) is 5.26 Å². The number of pyridine rings is 1. The van der Waals surface area contributed by atoms with Crippen molar-refractivity contribution < 1.29 is 4.79 Å². The first-order chi connectivity index (χ1) is 7.67. The number of carbonyl (C=O) groups is 1. The second-order valence-electron chi connectivity index (χ2n) is 3.65. The topological polar surface area (TPSA) is 65.8 Å². The van der Waals surface area contributed by atoms with Crippen molar-refractivity contribution in [1.82, 2.24) is 10.3 Å². The molecule has 0 saturated heterocycles. The van der Waals surface area contributed by atoms with Crippen LogP contribution in [0.1, 0.15) is 36.3 Å². The number of hydrogen-bond donors (Lipinski definition) is 1. The summed E-state index contributed by atoms with van der Waals surface area (Å²) in [5.74, 6) is -0.115. The largest absolute Gasteiger partial charge is 0.350 e. The van der Waals surface area contributed by atoms with Crippen LogP contribution in [-0.4, -0.2) is 16.9 Å². The number of nitrogens with zero attached hydrogens (tertiary/aromatic N) is 2. The van der Waals surface area contributed by atoms with Crippen LogP contribution in [0, 0.1) is 11.3 Å². The van der Waals surface area contributed by atoms with E-state index < -0.39 is 0 Å². The summed E-state index contributed by atoms with van der Waals surface area (Å²) in [5.41, 5.74) is 1.18. The highest BCUT2D eigenvalue weighted by Crippen LogP contribution is 2.03. The fourth-order valence-corrected chi connectivity index (χ4v) is 1.21. The second kappa shape index (κ2) is 5.86. The highest BCUT2D eigenvalue weighted by atomic mass is 16.1. The molecule has 0 bridgehead atoms. The van der Waals surface area contributed by atoms with Crippen molar-refractivity contribution >= 4 is 5.91 Å². The Morgan fingerprint density at radius 3 is 3.06 bits per heavy atom. The molecular weight excluding hydrogens is 202 g/mol. The molecule has 84 valence electrons. The zero-order valence-electron chi connectivity index (χ0n) is 9.53. The molecule has 0 fully saturated rings. The quantitative estimate of drug-likeness (QED) is 0.834. The summed E-state index contributed by atoms with van der Waals surface area (Å²) in [5, 5.41) is 11.4. The third-order valence-electron chi connectivity index (χ3n) is 2.33. The average Bonchev–Trinajstić information content (AvgIpc) is 2.29. The van der Waals surface area contributed by atoms with Crippen LogP contribution in [0.25, 0.3) is 0 Å². The standard InChI is InChI=1S/C12H15N3O/c1-3-9(2)15-12(16)10-5-7-14-11(8-10)4-6-13/h5,7-9H,3-4H2,1-2H3,(H,15,16). The fraction of sp³-hybridized carbons (Fsp3) is 0.417. The Kier molecular flexibility index (Phi) is 4.46. The van der Waals surface area contributed by atoms with Gasteiger partial charge in [0, 0.05) is 17.8 Å². The van der Waals surface area contributed by atoms with Gasteiger partial charge in [0.1, 0.15) is 0 Å². The van der Waals surface area contributed by atoms with Gasteiger partial charge in [-0.1, -0.05) is 6.92 Å².